The van der Waals surface area contributed by atoms with E-state index < -0.39 is 23.5 Å². The number of imidazole rings is 1. The predicted octanol–water partition coefficient (Wildman–Crippen LogP) is 6.18. The Morgan fingerprint density at radius 3 is 2.50 bits per heavy atom. The van der Waals surface area contributed by atoms with Crippen LogP contribution in [0.3, 0.4) is 0 Å². The number of nitrogens with one attached hydrogen (secondary N) is 2. The molecule has 12 heteroatoms. The van der Waals surface area contributed by atoms with E-state index in [-0.39, 0.29) is 52.9 Å². The second kappa shape index (κ2) is 13.4. The van der Waals surface area contributed by atoms with E-state index in [2.05, 4.69) is 12.2 Å². The fourth-order valence-corrected chi connectivity index (χ4v) is 4.76. The van der Waals surface area contributed by atoms with E-state index in [9.17, 15) is 23.5 Å². The lowest BCUT2D eigenvalue weighted by atomic mass is 10.1. The first-order valence-corrected chi connectivity index (χ1v) is 13.8. The van der Waals surface area contributed by atoms with Crippen molar-refractivity contribution >= 4 is 51.7 Å². The van der Waals surface area contributed by atoms with E-state index in [1.54, 1.807) is 24.3 Å². The van der Waals surface area contributed by atoms with Crippen molar-refractivity contribution in [2.45, 2.75) is 45.7 Å². The Hall–Kier alpha value is -4.51. The van der Waals surface area contributed by atoms with Gasteiger partial charge in [-0.3, -0.25) is 15.0 Å². The molecule has 0 saturated heterocycles. The predicted molar refractivity (Wildman–Crippen MR) is 159 cm³/mol. The molecule has 0 aliphatic carbocycles. The second-order valence-corrected chi connectivity index (χ2v) is 10.2. The summed E-state index contributed by atoms with van der Waals surface area (Å²) >= 11 is 5.94. The third-order valence-electron chi connectivity index (χ3n) is 6.79. The third-order valence-corrected chi connectivity index (χ3v) is 7.08. The third kappa shape index (κ3) is 7.03. The molecule has 0 aliphatic heterocycles. The molecule has 0 fully saturated rings. The van der Waals surface area contributed by atoms with Crippen LogP contribution in [0.15, 0.2) is 54.6 Å². The van der Waals surface area contributed by atoms with Crippen LogP contribution in [0.25, 0.3) is 11.0 Å². The lowest BCUT2D eigenvalue weighted by Crippen LogP contribution is -2.33. The van der Waals surface area contributed by atoms with Crippen molar-refractivity contribution in [1.82, 2.24) is 9.55 Å². The monoisotopic (exact) mass is 596 g/mol. The number of carbonyl (C=O) groups is 2. The van der Waals surface area contributed by atoms with Crippen LogP contribution in [0.5, 0.6) is 0 Å². The van der Waals surface area contributed by atoms with Crippen LogP contribution in [-0.4, -0.2) is 38.9 Å². The SMILES string of the molecule is CCCCCn1c(CNc2ccc(C(=N)N)cc2F)nc2cc(C(=O)N(CCC(=O)O)c3ccc(F)c(Cl)c3)ccc21. The maximum Gasteiger partial charge on any atom is 0.305 e. The summed E-state index contributed by atoms with van der Waals surface area (Å²) in [6.07, 6.45) is 2.59. The van der Waals surface area contributed by atoms with Gasteiger partial charge < -0.3 is 25.6 Å². The maximum atomic E-state index is 14.6. The van der Waals surface area contributed by atoms with Gasteiger partial charge in [-0.15, -0.1) is 0 Å². The van der Waals surface area contributed by atoms with Gasteiger partial charge in [0.05, 0.1) is 34.7 Å². The number of carbonyl (C=O) groups excluding carboxylic acids is 1. The molecule has 4 rings (SSSR count). The number of aryl methyl sites for hydroxylation is 1. The van der Waals surface area contributed by atoms with E-state index in [1.807, 2.05) is 4.57 Å². The number of anilines is 2. The number of nitrogen functional groups attached to an aromatic ring is 1. The first-order valence-electron chi connectivity index (χ1n) is 13.4. The molecule has 0 spiro atoms. The van der Waals surface area contributed by atoms with Crippen LogP contribution < -0.4 is 16.0 Å². The summed E-state index contributed by atoms with van der Waals surface area (Å²) < 4.78 is 30.4. The van der Waals surface area contributed by atoms with Gasteiger partial charge in [0.25, 0.3) is 5.91 Å². The van der Waals surface area contributed by atoms with Gasteiger partial charge in [-0.1, -0.05) is 31.4 Å². The highest BCUT2D eigenvalue weighted by Crippen LogP contribution is 2.27. The topological polar surface area (TPSA) is 137 Å². The number of fused-ring (bicyclic) bond motifs is 1. The van der Waals surface area contributed by atoms with Crippen molar-refractivity contribution in [1.29, 1.82) is 5.41 Å². The zero-order valence-corrected chi connectivity index (χ0v) is 23.7. The molecule has 5 N–H and O–H groups in total. The van der Waals surface area contributed by atoms with Crippen LogP contribution in [0.4, 0.5) is 20.2 Å². The van der Waals surface area contributed by atoms with E-state index in [4.69, 9.17) is 27.7 Å². The molecule has 0 atom stereocenters. The van der Waals surface area contributed by atoms with E-state index in [1.165, 1.54) is 29.2 Å². The molecule has 1 heterocycles. The summed E-state index contributed by atoms with van der Waals surface area (Å²) in [6, 6.07) is 13.1. The number of unbranched alkanes of at least 4 members (excludes halogenated alkanes) is 2. The number of amides is 1. The first-order chi connectivity index (χ1) is 20.1. The molecule has 1 amide bonds. The summed E-state index contributed by atoms with van der Waals surface area (Å²) in [5, 5.41) is 19.6. The number of aliphatic carboxylic acids is 1. The second-order valence-electron chi connectivity index (χ2n) is 9.75. The smallest absolute Gasteiger partial charge is 0.305 e. The number of hydrogen-bond acceptors (Lipinski definition) is 5. The van der Waals surface area contributed by atoms with E-state index in [0.29, 0.717) is 17.9 Å². The summed E-state index contributed by atoms with van der Waals surface area (Å²) in [4.78, 5) is 30.9. The molecule has 220 valence electrons. The maximum absolute atomic E-state index is 14.6. The number of halogens is 3. The lowest BCUT2D eigenvalue weighted by molar-refractivity contribution is -0.136. The number of hydrogen-bond donors (Lipinski definition) is 4. The molecule has 0 unspecified atom stereocenters. The van der Waals surface area contributed by atoms with Gasteiger partial charge in [-0.2, -0.15) is 0 Å². The minimum absolute atomic E-state index is 0.150. The van der Waals surface area contributed by atoms with E-state index >= 15 is 0 Å². The van der Waals surface area contributed by atoms with Crippen molar-refractivity contribution in [3.05, 3.63) is 88.2 Å². The van der Waals surface area contributed by atoms with Gasteiger partial charge in [0.1, 0.15) is 23.3 Å². The van der Waals surface area contributed by atoms with Gasteiger partial charge in [-0.25, -0.2) is 13.8 Å². The van der Waals surface area contributed by atoms with Crippen molar-refractivity contribution in [3.8, 4) is 0 Å². The largest absolute Gasteiger partial charge is 0.481 e. The summed E-state index contributed by atoms with van der Waals surface area (Å²) in [5.74, 6) is -2.38. The zero-order valence-electron chi connectivity index (χ0n) is 23.0. The fraction of sp³-hybridized carbons (Fsp3) is 0.267. The Balaban J connectivity index is 1.66. The van der Waals surface area contributed by atoms with Gasteiger partial charge in [0, 0.05) is 29.9 Å². The van der Waals surface area contributed by atoms with Gasteiger partial charge in [0.2, 0.25) is 0 Å². The van der Waals surface area contributed by atoms with Crippen LogP contribution in [-0.2, 0) is 17.9 Å². The minimum atomic E-state index is -1.09. The van der Waals surface area contributed by atoms with Gasteiger partial charge in [0.15, 0.2) is 0 Å². The van der Waals surface area contributed by atoms with Crippen molar-refractivity contribution in [3.63, 3.8) is 0 Å². The molecule has 9 nitrogen and oxygen atoms in total. The Labute approximate surface area is 246 Å². The molecule has 0 bridgehead atoms. The van der Waals surface area contributed by atoms with Crippen LogP contribution in [0, 0.1) is 17.0 Å². The van der Waals surface area contributed by atoms with Crippen LogP contribution >= 0.6 is 11.6 Å². The number of benzene rings is 3. The number of carboxylic acids is 1. The first kappa shape index (κ1) is 30.4. The average Bonchev–Trinajstić information content (AvgIpc) is 3.30. The Morgan fingerprint density at radius 2 is 1.83 bits per heavy atom. The van der Waals surface area contributed by atoms with Crippen molar-refractivity contribution in [2.75, 3.05) is 16.8 Å². The molecule has 4 aromatic rings. The van der Waals surface area contributed by atoms with Gasteiger partial charge in [-0.05, 0) is 61.0 Å². The zero-order chi connectivity index (χ0) is 30.4. The summed E-state index contributed by atoms with van der Waals surface area (Å²) in [7, 11) is 0. The Kier molecular flexibility index (Phi) is 9.74. The highest BCUT2D eigenvalue weighted by molar-refractivity contribution is 6.31. The van der Waals surface area contributed by atoms with Crippen molar-refractivity contribution < 1.29 is 23.5 Å². The molecule has 3 aromatic carbocycles. The highest BCUT2D eigenvalue weighted by atomic mass is 35.5. The van der Waals surface area contributed by atoms with E-state index in [0.717, 1.165) is 30.8 Å². The average molecular weight is 597 g/mol. The number of nitrogens with zero attached hydrogens (tertiary/aromatic N) is 3. The molecule has 1 aromatic heterocycles. The molecule has 0 radical (unpaired) electrons. The highest BCUT2D eigenvalue weighted by Gasteiger charge is 2.22. The number of rotatable bonds is 13. The molecule has 42 heavy (non-hydrogen) atoms. The minimum Gasteiger partial charge on any atom is -0.481 e. The van der Waals surface area contributed by atoms with Crippen molar-refractivity contribution in [2.24, 2.45) is 5.73 Å². The van der Waals surface area contributed by atoms with Gasteiger partial charge >= 0.3 is 5.97 Å². The summed E-state index contributed by atoms with van der Waals surface area (Å²) in [6.45, 7) is 2.81. The summed E-state index contributed by atoms with van der Waals surface area (Å²) in [5.41, 5.74) is 7.82. The quantitative estimate of drug-likeness (QED) is 0.0827. The van der Waals surface area contributed by atoms with Crippen LogP contribution in [0.1, 0.15) is 54.4 Å². The molecule has 0 aliphatic rings. The molecule has 0 saturated carbocycles. The number of amidine groups is 1. The lowest BCUT2D eigenvalue weighted by Gasteiger charge is -2.22. The fourth-order valence-electron chi connectivity index (χ4n) is 4.58. The molecular weight excluding hydrogens is 566 g/mol. The number of aromatic nitrogens is 2. The van der Waals surface area contributed by atoms with Crippen LogP contribution in [0.2, 0.25) is 5.02 Å². The number of nitrogens with two attached hydrogens (primary N) is 1. The molecular formula is C30H31ClF2N6O3. The standard InChI is InChI=1S/C30H31ClF2N6O3/c1-2-3-4-12-39-26-10-6-19(30(42)38(13-11-28(40)41)20-7-8-22(32)21(31)16-20)15-25(26)37-27(39)17-36-24-9-5-18(29(34)35)14-23(24)33/h5-10,14-16,36H,2-4,11-13,17H2,1H3,(H3,34,35)(H,40,41). The Morgan fingerprint density at radius 1 is 1.07 bits per heavy atom. The Bertz CT molecular complexity index is 1640. The number of carboxylic acid groups (broad SMARTS) is 1. The normalized spacial score (nSPS) is 11.0.